The van der Waals surface area contributed by atoms with Crippen LogP contribution in [0.3, 0.4) is 0 Å². The maximum atomic E-state index is 5.41. The molecule has 118 valence electrons. The van der Waals surface area contributed by atoms with Crippen molar-refractivity contribution >= 4 is 0 Å². The Morgan fingerprint density at radius 3 is 3.04 bits per heavy atom. The minimum Gasteiger partial charge on any atom is -0.360 e. The highest BCUT2D eigenvalue weighted by atomic mass is 16.5. The molecule has 1 aromatic carbocycles. The molecule has 1 aliphatic carbocycles. The normalized spacial score (nSPS) is 15.7. The van der Waals surface area contributed by atoms with Crippen LogP contribution in [0.15, 0.2) is 53.6 Å². The maximum Gasteiger partial charge on any atom is 0.150 e. The first kappa shape index (κ1) is 14.2. The molecule has 0 spiro atoms. The average Bonchev–Trinajstić information content (AvgIpc) is 3.11. The Balaban J connectivity index is 1.42. The van der Waals surface area contributed by atoms with E-state index in [1.54, 1.807) is 6.20 Å². The van der Waals surface area contributed by atoms with Gasteiger partial charge in [-0.25, -0.2) is 4.98 Å². The number of nitrogens with one attached hydrogen (secondary N) is 1. The Bertz CT molecular complexity index is 774. The second-order valence-corrected chi connectivity index (χ2v) is 6.16. The third-order valence-electron chi connectivity index (χ3n) is 4.33. The SMILES string of the molecule is CC(NCc1cc(C2CC2)no1)c1cccc(-n2ccnc2)c1. The predicted molar refractivity (Wildman–Crippen MR) is 87.3 cm³/mol. The molecule has 1 fully saturated rings. The fourth-order valence-corrected chi connectivity index (χ4v) is 2.72. The van der Waals surface area contributed by atoms with E-state index < -0.39 is 0 Å². The molecule has 1 saturated carbocycles. The smallest absolute Gasteiger partial charge is 0.150 e. The van der Waals surface area contributed by atoms with Crippen molar-refractivity contribution < 1.29 is 4.52 Å². The van der Waals surface area contributed by atoms with Crippen molar-refractivity contribution in [3.8, 4) is 5.69 Å². The molecule has 3 aromatic rings. The van der Waals surface area contributed by atoms with E-state index in [0.717, 1.165) is 17.1 Å². The molecule has 1 atom stereocenters. The van der Waals surface area contributed by atoms with Gasteiger partial charge in [-0.2, -0.15) is 0 Å². The van der Waals surface area contributed by atoms with Gasteiger partial charge in [0, 0.05) is 36.1 Å². The molecule has 4 rings (SSSR count). The van der Waals surface area contributed by atoms with Gasteiger partial charge in [-0.1, -0.05) is 17.3 Å². The number of aromatic nitrogens is 3. The number of benzene rings is 1. The van der Waals surface area contributed by atoms with Crippen LogP contribution in [0.4, 0.5) is 0 Å². The van der Waals surface area contributed by atoms with Crippen LogP contribution in [0, 0.1) is 0 Å². The molecular formula is C18H20N4O. The van der Waals surface area contributed by atoms with Crippen LogP contribution in [0.25, 0.3) is 5.69 Å². The van der Waals surface area contributed by atoms with Crippen molar-refractivity contribution in [1.82, 2.24) is 20.0 Å². The summed E-state index contributed by atoms with van der Waals surface area (Å²) in [6.45, 7) is 2.85. The van der Waals surface area contributed by atoms with Crippen molar-refractivity contribution in [3.05, 3.63) is 66.1 Å². The lowest BCUT2D eigenvalue weighted by Crippen LogP contribution is -2.17. The van der Waals surface area contributed by atoms with Gasteiger partial charge in [0.15, 0.2) is 5.76 Å². The lowest BCUT2D eigenvalue weighted by Gasteiger charge is -2.14. The molecule has 0 saturated heterocycles. The van der Waals surface area contributed by atoms with Crippen LogP contribution in [-0.2, 0) is 6.54 Å². The lowest BCUT2D eigenvalue weighted by molar-refractivity contribution is 0.361. The summed E-state index contributed by atoms with van der Waals surface area (Å²) in [5.41, 5.74) is 3.46. The Hall–Kier alpha value is -2.40. The van der Waals surface area contributed by atoms with Gasteiger partial charge in [-0.15, -0.1) is 0 Å². The molecule has 2 heterocycles. The van der Waals surface area contributed by atoms with Crippen molar-refractivity contribution in [2.24, 2.45) is 0 Å². The predicted octanol–water partition coefficient (Wildman–Crippen LogP) is 3.59. The standard InChI is InChI=1S/C18H20N4O/c1-13(20-11-17-10-18(21-23-17)14-5-6-14)15-3-2-4-16(9-15)22-8-7-19-12-22/h2-4,7-10,12-14,20H,5-6,11H2,1H3. The van der Waals surface area contributed by atoms with Gasteiger partial charge >= 0.3 is 0 Å². The zero-order valence-electron chi connectivity index (χ0n) is 13.1. The van der Waals surface area contributed by atoms with E-state index in [0.29, 0.717) is 12.5 Å². The van der Waals surface area contributed by atoms with Crippen molar-refractivity contribution in [1.29, 1.82) is 0 Å². The summed E-state index contributed by atoms with van der Waals surface area (Å²) in [5.74, 6) is 1.54. The highest BCUT2D eigenvalue weighted by Crippen LogP contribution is 2.39. The summed E-state index contributed by atoms with van der Waals surface area (Å²) >= 11 is 0. The Morgan fingerprint density at radius 1 is 1.35 bits per heavy atom. The highest BCUT2D eigenvalue weighted by Gasteiger charge is 2.27. The van der Waals surface area contributed by atoms with Crippen LogP contribution >= 0.6 is 0 Å². The molecule has 1 N–H and O–H groups in total. The van der Waals surface area contributed by atoms with Crippen molar-refractivity contribution in [3.63, 3.8) is 0 Å². The summed E-state index contributed by atoms with van der Waals surface area (Å²) in [7, 11) is 0. The topological polar surface area (TPSA) is 55.9 Å². The maximum absolute atomic E-state index is 5.41. The molecule has 1 unspecified atom stereocenters. The second-order valence-electron chi connectivity index (χ2n) is 6.16. The first-order valence-electron chi connectivity index (χ1n) is 8.07. The summed E-state index contributed by atoms with van der Waals surface area (Å²) in [4.78, 5) is 4.10. The molecule has 0 bridgehead atoms. The van der Waals surface area contributed by atoms with E-state index in [2.05, 4.69) is 52.7 Å². The van der Waals surface area contributed by atoms with Crippen LogP contribution in [0.2, 0.25) is 0 Å². The monoisotopic (exact) mass is 308 g/mol. The molecule has 2 aromatic heterocycles. The van der Waals surface area contributed by atoms with Crippen LogP contribution < -0.4 is 5.32 Å². The van der Waals surface area contributed by atoms with Gasteiger partial charge in [-0.05, 0) is 37.5 Å². The minimum absolute atomic E-state index is 0.230. The lowest BCUT2D eigenvalue weighted by atomic mass is 10.1. The number of imidazole rings is 1. The zero-order valence-corrected chi connectivity index (χ0v) is 13.1. The number of hydrogen-bond acceptors (Lipinski definition) is 4. The van der Waals surface area contributed by atoms with Crippen molar-refractivity contribution in [2.45, 2.75) is 38.3 Å². The Kier molecular flexibility index (Phi) is 3.71. The molecule has 5 nitrogen and oxygen atoms in total. The molecule has 5 heteroatoms. The van der Waals surface area contributed by atoms with Gasteiger partial charge in [0.1, 0.15) is 0 Å². The first-order chi connectivity index (χ1) is 11.3. The zero-order chi connectivity index (χ0) is 15.6. The van der Waals surface area contributed by atoms with Crippen LogP contribution in [-0.4, -0.2) is 14.7 Å². The van der Waals surface area contributed by atoms with Crippen LogP contribution in [0.5, 0.6) is 0 Å². The molecule has 1 aliphatic rings. The van der Waals surface area contributed by atoms with Crippen molar-refractivity contribution in [2.75, 3.05) is 0 Å². The van der Waals surface area contributed by atoms with E-state index >= 15 is 0 Å². The van der Waals surface area contributed by atoms with Gasteiger partial charge in [-0.3, -0.25) is 0 Å². The largest absolute Gasteiger partial charge is 0.360 e. The Labute approximate surface area is 135 Å². The quantitative estimate of drug-likeness (QED) is 0.756. The van der Waals surface area contributed by atoms with E-state index in [1.165, 1.54) is 18.4 Å². The molecular weight excluding hydrogens is 288 g/mol. The number of hydrogen-bond donors (Lipinski definition) is 1. The summed E-state index contributed by atoms with van der Waals surface area (Å²) in [6.07, 6.45) is 8.04. The van der Waals surface area contributed by atoms with Gasteiger partial charge < -0.3 is 14.4 Å². The fraction of sp³-hybridized carbons (Fsp3) is 0.333. The average molecular weight is 308 g/mol. The third kappa shape index (κ3) is 3.19. The van der Waals surface area contributed by atoms with E-state index in [4.69, 9.17) is 4.52 Å². The summed E-state index contributed by atoms with van der Waals surface area (Å²) < 4.78 is 7.42. The molecule has 23 heavy (non-hydrogen) atoms. The summed E-state index contributed by atoms with van der Waals surface area (Å²) in [5, 5.41) is 7.65. The van der Waals surface area contributed by atoms with Gasteiger partial charge in [0.25, 0.3) is 0 Å². The van der Waals surface area contributed by atoms with E-state index in [1.807, 2.05) is 17.1 Å². The number of rotatable bonds is 6. The molecule has 0 aliphatic heterocycles. The summed E-state index contributed by atoms with van der Waals surface area (Å²) in [6, 6.07) is 10.8. The fourth-order valence-electron chi connectivity index (χ4n) is 2.72. The molecule has 0 amide bonds. The van der Waals surface area contributed by atoms with Gasteiger partial charge in [0.2, 0.25) is 0 Å². The number of nitrogens with zero attached hydrogens (tertiary/aromatic N) is 3. The third-order valence-corrected chi connectivity index (χ3v) is 4.33. The first-order valence-corrected chi connectivity index (χ1v) is 8.07. The van der Waals surface area contributed by atoms with Crippen LogP contribution in [0.1, 0.15) is 48.7 Å². The van der Waals surface area contributed by atoms with Gasteiger partial charge in [0.05, 0.1) is 18.6 Å². The van der Waals surface area contributed by atoms with E-state index in [9.17, 15) is 0 Å². The molecule has 0 radical (unpaired) electrons. The highest BCUT2D eigenvalue weighted by molar-refractivity contribution is 5.37. The van der Waals surface area contributed by atoms with E-state index in [-0.39, 0.29) is 6.04 Å². The Morgan fingerprint density at radius 2 is 2.26 bits per heavy atom. The minimum atomic E-state index is 0.230. The second kappa shape index (κ2) is 6.01.